The van der Waals surface area contributed by atoms with E-state index in [1.165, 1.54) is 12.1 Å². The van der Waals surface area contributed by atoms with E-state index in [9.17, 15) is 12.8 Å². The van der Waals surface area contributed by atoms with E-state index in [0.29, 0.717) is 5.56 Å². The van der Waals surface area contributed by atoms with Crippen molar-refractivity contribution in [2.45, 2.75) is 38.1 Å². The fourth-order valence-corrected chi connectivity index (χ4v) is 2.91. The largest absolute Gasteiger partial charge is 0.395 e. The predicted molar refractivity (Wildman–Crippen MR) is 79.6 cm³/mol. The molecule has 0 heterocycles. The molecule has 0 spiro atoms. The van der Waals surface area contributed by atoms with Crippen LogP contribution in [0.2, 0.25) is 0 Å². The van der Waals surface area contributed by atoms with Gasteiger partial charge in [0, 0.05) is 18.0 Å². The minimum absolute atomic E-state index is 0.0705. The Labute approximate surface area is 125 Å². The highest BCUT2D eigenvalue weighted by molar-refractivity contribution is 7.89. The molecule has 116 valence electrons. The highest BCUT2D eigenvalue weighted by Gasteiger charge is 2.22. The Kier molecular flexibility index (Phi) is 6.34. The second kappa shape index (κ2) is 7.55. The summed E-state index contributed by atoms with van der Waals surface area (Å²) >= 11 is 0. The maximum Gasteiger partial charge on any atom is 0.243 e. The van der Waals surface area contributed by atoms with Gasteiger partial charge in [-0.15, -0.1) is 0 Å². The number of aliphatic hydroxyl groups is 1. The van der Waals surface area contributed by atoms with Crippen molar-refractivity contribution in [2.24, 2.45) is 5.92 Å². The molecule has 0 saturated heterocycles. The summed E-state index contributed by atoms with van der Waals surface area (Å²) in [5.74, 6) is 4.58. The van der Waals surface area contributed by atoms with Crippen LogP contribution in [0.5, 0.6) is 0 Å². The number of sulfonamides is 1. The Morgan fingerprint density at radius 2 is 2.00 bits per heavy atom. The fourth-order valence-electron chi connectivity index (χ4n) is 1.46. The minimum Gasteiger partial charge on any atom is -0.395 e. The van der Waals surface area contributed by atoms with Crippen molar-refractivity contribution in [2.75, 3.05) is 6.61 Å². The van der Waals surface area contributed by atoms with Crippen molar-refractivity contribution >= 4 is 10.0 Å². The molecule has 1 atom stereocenters. The van der Waals surface area contributed by atoms with E-state index < -0.39 is 15.8 Å². The Morgan fingerprint density at radius 1 is 1.33 bits per heavy atom. The van der Waals surface area contributed by atoms with Crippen LogP contribution >= 0.6 is 0 Å². The minimum atomic E-state index is -3.89. The second-order valence-electron chi connectivity index (χ2n) is 5.07. The molecule has 1 aromatic carbocycles. The fraction of sp³-hybridized carbons (Fsp3) is 0.467. The van der Waals surface area contributed by atoms with Crippen molar-refractivity contribution in [3.8, 4) is 11.8 Å². The molecule has 0 radical (unpaired) electrons. The van der Waals surface area contributed by atoms with Gasteiger partial charge in [-0.2, -0.15) is 0 Å². The van der Waals surface area contributed by atoms with Crippen molar-refractivity contribution < 1.29 is 17.9 Å². The standard InChI is InChI=1S/C15H20FNO3S/c1-11(2)12(3)17-21(19,20)15-8-7-13(10-14(15)16)6-4-5-9-18/h7-8,10-12,17-18H,5,9H2,1-3H3. The van der Waals surface area contributed by atoms with Crippen LogP contribution < -0.4 is 4.72 Å². The summed E-state index contributed by atoms with van der Waals surface area (Å²) in [6, 6.07) is 3.44. The maximum atomic E-state index is 14.0. The zero-order valence-corrected chi connectivity index (χ0v) is 13.2. The molecular weight excluding hydrogens is 293 g/mol. The van der Waals surface area contributed by atoms with Crippen LogP contribution in [0.3, 0.4) is 0 Å². The normalized spacial score (nSPS) is 12.9. The summed E-state index contributed by atoms with van der Waals surface area (Å²) < 4.78 is 40.7. The number of halogens is 1. The monoisotopic (exact) mass is 313 g/mol. The summed E-state index contributed by atoms with van der Waals surface area (Å²) in [5, 5.41) is 8.61. The van der Waals surface area contributed by atoms with E-state index in [1.807, 2.05) is 13.8 Å². The lowest BCUT2D eigenvalue weighted by Crippen LogP contribution is -2.36. The number of hydrogen-bond donors (Lipinski definition) is 2. The molecule has 0 aromatic heterocycles. The van der Waals surface area contributed by atoms with E-state index in [4.69, 9.17) is 5.11 Å². The molecule has 1 aromatic rings. The van der Waals surface area contributed by atoms with Gasteiger partial charge in [0.15, 0.2) is 0 Å². The zero-order valence-electron chi connectivity index (χ0n) is 12.4. The van der Waals surface area contributed by atoms with Gasteiger partial charge in [-0.05, 0) is 31.0 Å². The molecule has 21 heavy (non-hydrogen) atoms. The Morgan fingerprint density at radius 3 is 2.52 bits per heavy atom. The van der Waals surface area contributed by atoms with Gasteiger partial charge in [0.25, 0.3) is 0 Å². The highest BCUT2D eigenvalue weighted by atomic mass is 32.2. The van der Waals surface area contributed by atoms with E-state index >= 15 is 0 Å². The summed E-state index contributed by atoms with van der Waals surface area (Å²) in [6.45, 7) is 5.42. The summed E-state index contributed by atoms with van der Waals surface area (Å²) in [6.07, 6.45) is 0.287. The first-order chi connectivity index (χ1) is 9.77. The number of nitrogens with one attached hydrogen (secondary N) is 1. The third-order valence-corrected chi connectivity index (χ3v) is 4.62. The number of hydrogen-bond acceptors (Lipinski definition) is 3. The third kappa shape index (κ3) is 5.12. The van der Waals surface area contributed by atoms with Gasteiger partial charge in [0.2, 0.25) is 10.0 Å². The van der Waals surface area contributed by atoms with Gasteiger partial charge in [-0.1, -0.05) is 25.7 Å². The molecule has 1 unspecified atom stereocenters. The van der Waals surface area contributed by atoms with Crippen LogP contribution in [0.1, 0.15) is 32.8 Å². The maximum absolute atomic E-state index is 14.0. The van der Waals surface area contributed by atoms with Gasteiger partial charge in [-0.25, -0.2) is 17.5 Å². The van der Waals surface area contributed by atoms with Crippen molar-refractivity contribution in [3.05, 3.63) is 29.6 Å². The second-order valence-corrected chi connectivity index (χ2v) is 6.76. The summed E-state index contributed by atoms with van der Waals surface area (Å²) in [7, 11) is -3.89. The highest BCUT2D eigenvalue weighted by Crippen LogP contribution is 2.17. The Bertz CT molecular complexity index is 645. The van der Waals surface area contributed by atoms with E-state index in [1.54, 1.807) is 6.92 Å². The topological polar surface area (TPSA) is 66.4 Å². The van der Waals surface area contributed by atoms with E-state index in [0.717, 1.165) is 6.07 Å². The SMILES string of the molecule is CC(C)C(C)NS(=O)(=O)c1ccc(C#CCCO)cc1F. The van der Waals surface area contributed by atoms with Crippen LogP contribution in [0.25, 0.3) is 0 Å². The molecule has 0 aliphatic heterocycles. The van der Waals surface area contributed by atoms with Crippen LogP contribution in [0.4, 0.5) is 4.39 Å². The molecule has 0 amide bonds. The lowest BCUT2D eigenvalue weighted by atomic mass is 10.1. The lowest BCUT2D eigenvalue weighted by Gasteiger charge is -2.17. The molecular formula is C15H20FNO3S. The first kappa shape index (κ1) is 17.6. The van der Waals surface area contributed by atoms with Gasteiger partial charge in [0.1, 0.15) is 10.7 Å². The smallest absolute Gasteiger partial charge is 0.243 e. The average Bonchev–Trinajstić information content (AvgIpc) is 2.38. The molecule has 6 heteroatoms. The quantitative estimate of drug-likeness (QED) is 0.816. The van der Waals surface area contributed by atoms with Crippen LogP contribution in [0, 0.1) is 23.6 Å². The summed E-state index contributed by atoms with van der Waals surface area (Å²) in [4.78, 5) is -0.386. The van der Waals surface area contributed by atoms with Gasteiger partial charge < -0.3 is 5.11 Å². The number of aliphatic hydroxyl groups excluding tert-OH is 1. The van der Waals surface area contributed by atoms with E-state index in [-0.39, 0.29) is 29.9 Å². The zero-order chi connectivity index (χ0) is 16.0. The van der Waals surface area contributed by atoms with Crippen LogP contribution in [-0.2, 0) is 10.0 Å². The van der Waals surface area contributed by atoms with Crippen molar-refractivity contribution in [3.63, 3.8) is 0 Å². The van der Waals surface area contributed by atoms with Crippen molar-refractivity contribution in [1.82, 2.24) is 4.72 Å². The average molecular weight is 313 g/mol. The molecule has 4 nitrogen and oxygen atoms in total. The van der Waals surface area contributed by atoms with Gasteiger partial charge in [0.05, 0.1) is 6.61 Å². The Balaban J connectivity index is 3.02. The lowest BCUT2D eigenvalue weighted by molar-refractivity contribution is 0.305. The Hall–Kier alpha value is -1.42. The number of benzene rings is 1. The molecule has 2 N–H and O–H groups in total. The molecule has 0 fully saturated rings. The first-order valence-electron chi connectivity index (χ1n) is 6.69. The van der Waals surface area contributed by atoms with Gasteiger partial charge >= 0.3 is 0 Å². The van der Waals surface area contributed by atoms with Crippen molar-refractivity contribution in [1.29, 1.82) is 0 Å². The van der Waals surface area contributed by atoms with E-state index in [2.05, 4.69) is 16.6 Å². The molecule has 0 aliphatic rings. The van der Waals surface area contributed by atoms with Crippen LogP contribution in [-0.4, -0.2) is 26.2 Å². The predicted octanol–water partition coefficient (Wildman–Crippen LogP) is 1.88. The first-order valence-corrected chi connectivity index (χ1v) is 8.18. The molecule has 0 aliphatic carbocycles. The third-order valence-electron chi connectivity index (χ3n) is 3.03. The molecule has 0 bridgehead atoms. The summed E-state index contributed by atoms with van der Waals surface area (Å²) in [5.41, 5.74) is 0.372. The molecule has 0 saturated carbocycles. The van der Waals surface area contributed by atoms with Crippen LogP contribution in [0.15, 0.2) is 23.1 Å². The molecule has 1 rings (SSSR count). The van der Waals surface area contributed by atoms with Gasteiger partial charge in [-0.3, -0.25) is 0 Å². The number of rotatable bonds is 5.